The SMILES string of the molecule is COc1ccc(-n2nc(C(=O)NC3CCCc4ccccc43)c3c4ccccc4n(C)c3c2=O)cc1. The van der Waals surface area contributed by atoms with Gasteiger partial charge in [0.05, 0.1) is 18.8 Å². The fraction of sp³-hybridized carbons (Fsp3) is 0.207. The van der Waals surface area contributed by atoms with Gasteiger partial charge in [0.2, 0.25) is 0 Å². The molecular formula is C29H26N4O3. The van der Waals surface area contributed by atoms with Gasteiger partial charge < -0.3 is 14.6 Å². The molecule has 0 aliphatic heterocycles. The highest BCUT2D eigenvalue weighted by atomic mass is 16.5. The van der Waals surface area contributed by atoms with Gasteiger partial charge in [0.25, 0.3) is 11.5 Å². The van der Waals surface area contributed by atoms with Crippen LogP contribution < -0.4 is 15.6 Å². The fourth-order valence-corrected chi connectivity index (χ4v) is 5.37. The number of benzene rings is 3. The minimum absolute atomic E-state index is 0.101. The van der Waals surface area contributed by atoms with Crippen LogP contribution in [0.2, 0.25) is 0 Å². The van der Waals surface area contributed by atoms with E-state index >= 15 is 0 Å². The number of fused-ring (bicyclic) bond motifs is 4. The molecule has 3 aromatic carbocycles. The molecule has 2 aromatic heterocycles. The molecule has 1 aliphatic rings. The van der Waals surface area contributed by atoms with Crippen LogP contribution in [0.15, 0.2) is 77.6 Å². The highest BCUT2D eigenvalue weighted by Gasteiger charge is 2.27. The van der Waals surface area contributed by atoms with E-state index in [9.17, 15) is 9.59 Å². The average Bonchev–Trinajstić information content (AvgIpc) is 3.22. The Bertz CT molecular complexity index is 1680. The van der Waals surface area contributed by atoms with Crippen LogP contribution >= 0.6 is 0 Å². The van der Waals surface area contributed by atoms with E-state index in [0.717, 1.165) is 35.7 Å². The molecule has 1 aliphatic carbocycles. The molecule has 6 rings (SSSR count). The molecule has 7 nitrogen and oxygen atoms in total. The van der Waals surface area contributed by atoms with E-state index in [4.69, 9.17) is 4.74 Å². The van der Waals surface area contributed by atoms with Crippen LogP contribution in [-0.2, 0) is 13.5 Å². The minimum atomic E-state index is -0.291. The molecule has 1 atom stereocenters. The largest absolute Gasteiger partial charge is 0.497 e. The lowest BCUT2D eigenvalue weighted by Crippen LogP contribution is -2.34. The van der Waals surface area contributed by atoms with Gasteiger partial charge in [-0.2, -0.15) is 9.78 Å². The van der Waals surface area contributed by atoms with Crippen LogP contribution in [0.1, 0.15) is 40.5 Å². The Morgan fingerprint density at radius 1 is 1.03 bits per heavy atom. The van der Waals surface area contributed by atoms with Crippen molar-refractivity contribution in [3.8, 4) is 11.4 Å². The second kappa shape index (κ2) is 8.68. The zero-order valence-corrected chi connectivity index (χ0v) is 20.2. The number of amides is 1. The van der Waals surface area contributed by atoms with Gasteiger partial charge in [-0.05, 0) is 60.7 Å². The number of aryl methyl sites for hydroxylation is 2. The van der Waals surface area contributed by atoms with Gasteiger partial charge in [-0.25, -0.2) is 0 Å². The van der Waals surface area contributed by atoms with Crippen molar-refractivity contribution >= 4 is 27.7 Å². The lowest BCUT2D eigenvalue weighted by atomic mass is 9.87. The van der Waals surface area contributed by atoms with E-state index in [1.165, 1.54) is 10.2 Å². The number of ether oxygens (including phenoxy) is 1. The highest BCUT2D eigenvalue weighted by Crippen LogP contribution is 2.32. The van der Waals surface area contributed by atoms with Crippen LogP contribution in [0.3, 0.4) is 0 Å². The first-order chi connectivity index (χ1) is 17.6. The summed E-state index contributed by atoms with van der Waals surface area (Å²) in [7, 11) is 3.44. The Balaban J connectivity index is 1.55. The van der Waals surface area contributed by atoms with Crippen molar-refractivity contribution in [1.82, 2.24) is 19.7 Å². The quantitative estimate of drug-likeness (QED) is 0.406. The van der Waals surface area contributed by atoms with Gasteiger partial charge >= 0.3 is 0 Å². The smallest absolute Gasteiger partial charge is 0.296 e. The number of nitrogens with one attached hydrogen (secondary N) is 1. The molecule has 0 spiro atoms. The predicted molar refractivity (Wildman–Crippen MR) is 140 cm³/mol. The maximum atomic E-state index is 13.9. The Hall–Kier alpha value is -4.39. The summed E-state index contributed by atoms with van der Waals surface area (Å²) in [5.74, 6) is 0.381. The number of nitrogens with zero attached hydrogens (tertiary/aromatic N) is 3. The molecule has 2 heterocycles. The summed E-state index contributed by atoms with van der Waals surface area (Å²) in [6.45, 7) is 0. The van der Waals surface area contributed by atoms with Crippen molar-refractivity contribution < 1.29 is 9.53 Å². The highest BCUT2D eigenvalue weighted by molar-refractivity contribution is 6.16. The van der Waals surface area contributed by atoms with E-state index in [0.29, 0.717) is 22.3 Å². The summed E-state index contributed by atoms with van der Waals surface area (Å²) in [5, 5.41) is 9.28. The summed E-state index contributed by atoms with van der Waals surface area (Å²) in [6, 6.07) is 22.9. The average molecular weight is 479 g/mol. The number of carbonyl (C=O) groups excluding carboxylic acids is 1. The molecule has 0 saturated carbocycles. The van der Waals surface area contributed by atoms with Crippen LogP contribution in [0.25, 0.3) is 27.5 Å². The third kappa shape index (κ3) is 3.47. The number of rotatable bonds is 4. The van der Waals surface area contributed by atoms with Crippen molar-refractivity contribution in [3.63, 3.8) is 0 Å². The second-order valence-corrected chi connectivity index (χ2v) is 9.18. The number of hydrogen-bond donors (Lipinski definition) is 1. The summed E-state index contributed by atoms with van der Waals surface area (Å²) < 4.78 is 8.42. The fourth-order valence-electron chi connectivity index (χ4n) is 5.37. The molecular weight excluding hydrogens is 452 g/mol. The predicted octanol–water partition coefficient (Wildman–Crippen LogP) is 4.69. The number of carbonyl (C=O) groups is 1. The summed E-state index contributed by atoms with van der Waals surface area (Å²) in [4.78, 5) is 27.6. The topological polar surface area (TPSA) is 78.2 Å². The summed E-state index contributed by atoms with van der Waals surface area (Å²) >= 11 is 0. The van der Waals surface area contributed by atoms with Gasteiger partial charge in [0.1, 0.15) is 11.3 Å². The van der Waals surface area contributed by atoms with Crippen molar-refractivity contribution in [1.29, 1.82) is 0 Å². The van der Waals surface area contributed by atoms with Crippen LogP contribution in [-0.4, -0.2) is 27.4 Å². The third-order valence-electron chi connectivity index (χ3n) is 7.15. The number of aromatic nitrogens is 3. The zero-order chi connectivity index (χ0) is 24.8. The second-order valence-electron chi connectivity index (χ2n) is 9.18. The molecule has 1 amide bonds. The molecule has 0 saturated heterocycles. The van der Waals surface area contributed by atoms with Gasteiger partial charge in [-0.15, -0.1) is 0 Å². The van der Waals surface area contributed by atoms with Crippen LogP contribution in [0.4, 0.5) is 0 Å². The number of methoxy groups -OCH3 is 1. The van der Waals surface area contributed by atoms with Gasteiger partial charge in [-0.1, -0.05) is 42.5 Å². The molecule has 0 fully saturated rings. The number of para-hydroxylation sites is 1. The van der Waals surface area contributed by atoms with Crippen molar-refractivity contribution in [2.24, 2.45) is 7.05 Å². The van der Waals surface area contributed by atoms with E-state index in [-0.39, 0.29) is 23.2 Å². The van der Waals surface area contributed by atoms with Crippen molar-refractivity contribution in [2.75, 3.05) is 7.11 Å². The Morgan fingerprint density at radius 2 is 1.78 bits per heavy atom. The maximum Gasteiger partial charge on any atom is 0.296 e. The maximum absolute atomic E-state index is 13.9. The molecule has 5 aromatic rings. The summed E-state index contributed by atoms with van der Waals surface area (Å²) in [5.41, 5.74) is 4.24. The van der Waals surface area contributed by atoms with Gasteiger partial charge in [0.15, 0.2) is 5.69 Å². The molecule has 1 N–H and O–H groups in total. The Kier molecular flexibility index (Phi) is 5.33. The van der Waals surface area contributed by atoms with Gasteiger partial charge in [0, 0.05) is 23.3 Å². The first kappa shape index (κ1) is 22.1. The first-order valence-corrected chi connectivity index (χ1v) is 12.1. The molecule has 0 bridgehead atoms. The molecule has 180 valence electrons. The van der Waals surface area contributed by atoms with Crippen LogP contribution in [0.5, 0.6) is 5.75 Å². The molecule has 36 heavy (non-hydrogen) atoms. The van der Waals surface area contributed by atoms with Crippen molar-refractivity contribution in [3.05, 3.63) is 100.0 Å². The Labute approximate surface area is 207 Å². The first-order valence-electron chi connectivity index (χ1n) is 12.1. The lowest BCUT2D eigenvalue weighted by molar-refractivity contribution is 0.0928. The normalized spacial score (nSPS) is 15.1. The summed E-state index contributed by atoms with van der Waals surface area (Å²) in [6.07, 6.45) is 2.88. The lowest BCUT2D eigenvalue weighted by Gasteiger charge is -2.26. The van der Waals surface area contributed by atoms with E-state index in [1.807, 2.05) is 48.0 Å². The number of hydrogen-bond acceptors (Lipinski definition) is 4. The van der Waals surface area contributed by atoms with E-state index in [2.05, 4.69) is 22.5 Å². The minimum Gasteiger partial charge on any atom is -0.497 e. The molecule has 1 unspecified atom stereocenters. The third-order valence-corrected chi connectivity index (χ3v) is 7.15. The molecule has 7 heteroatoms. The van der Waals surface area contributed by atoms with Gasteiger partial charge in [-0.3, -0.25) is 9.59 Å². The Morgan fingerprint density at radius 3 is 2.58 bits per heavy atom. The monoisotopic (exact) mass is 478 g/mol. The van der Waals surface area contributed by atoms with Crippen LogP contribution in [0, 0.1) is 0 Å². The van der Waals surface area contributed by atoms with E-state index < -0.39 is 0 Å². The van der Waals surface area contributed by atoms with Crippen molar-refractivity contribution in [2.45, 2.75) is 25.3 Å². The zero-order valence-electron chi connectivity index (χ0n) is 20.2. The van der Waals surface area contributed by atoms with E-state index in [1.54, 1.807) is 31.4 Å². The standard InChI is InChI=1S/C29H26N4O3/c1-32-24-13-6-5-11-22(24)25-26(28(34)30-23-12-7-9-18-8-3-4-10-21(18)23)31-33(29(35)27(25)32)19-14-16-20(36-2)17-15-19/h3-6,8,10-11,13-17,23H,7,9,12H2,1-2H3,(H,30,34). The molecule has 0 radical (unpaired) electrons.